The topological polar surface area (TPSA) is 57.7 Å². The van der Waals surface area contributed by atoms with Crippen molar-refractivity contribution < 1.29 is 13.2 Å². The first-order valence-electron chi connectivity index (χ1n) is 8.45. The summed E-state index contributed by atoms with van der Waals surface area (Å²) >= 11 is 6.08. The van der Waals surface area contributed by atoms with Crippen LogP contribution < -0.4 is 0 Å². The maximum atomic E-state index is 13.0. The molecule has 132 valence electrons. The van der Waals surface area contributed by atoms with E-state index in [1.54, 1.807) is 25.1 Å². The number of likely N-dealkylation sites (tertiary alicyclic amines) is 1. The molecule has 0 aromatic heterocycles. The summed E-state index contributed by atoms with van der Waals surface area (Å²) in [5, 5.41) is 0.442. The fourth-order valence-corrected chi connectivity index (χ4v) is 5.57. The Balaban J connectivity index is 1.80. The second-order valence-corrected chi connectivity index (χ2v) is 8.91. The van der Waals surface area contributed by atoms with E-state index in [0.717, 1.165) is 32.4 Å². The highest BCUT2D eigenvalue weighted by molar-refractivity contribution is 7.89. The number of piperidine rings is 1. The second-order valence-electron chi connectivity index (χ2n) is 6.60. The smallest absolute Gasteiger partial charge is 0.243 e. The van der Waals surface area contributed by atoms with Crippen LogP contribution in [0.2, 0.25) is 5.02 Å². The van der Waals surface area contributed by atoms with Crippen LogP contribution in [0.25, 0.3) is 0 Å². The number of carbonyl (C=O) groups is 1. The quantitative estimate of drug-likeness (QED) is 0.821. The monoisotopic (exact) mass is 370 g/mol. The lowest BCUT2D eigenvalue weighted by Crippen LogP contribution is -2.46. The van der Waals surface area contributed by atoms with Gasteiger partial charge in [-0.3, -0.25) is 4.79 Å². The number of benzene rings is 1. The maximum Gasteiger partial charge on any atom is 0.243 e. The Morgan fingerprint density at radius 2 is 1.88 bits per heavy atom. The lowest BCUT2D eigenvalue weighted by Gasteiger charge is -2.33. The molecule has 0 N–H and O–H groups in total. The SMILES string of the molecule is Cc1c(Cl)cccc1S(=O)(=O)N1CCC[C@H](C(=O)N2CCCC2)C1. The molecule has 2 heterocycles. The Kier molecular flexibility index (Phi) is 5.18. The molecule has 7 heteroatoms. The standard InChI is InChI=1S/C17H23ClN2O3S/c1-13-15(18)7-4-8-16(13)24(22,23)20-11-5-6-14(12-20)17(21)19-9-2-3-10-19/h4,7-8,14H,2-3,5-6,9-12H2,1H3/t14-/m0/s1. The number of sulfonamides is 1. The van der Waals surface area contributed by atoms with Crippen molar-refractivity contribution in [3.8, 4) is 0 Å². The Hall–Kier alpha value is -1.11. The van der Waals surface area contributed by atoms with Crippen LogP contribution in [0.1, 0.15) is 31.2 Å². The van der Waals surface area contributed by atoms with Crippen molar-refractivity contribution in [3.63, 3.8) is 0 Å². The molecule has 24 heavy (non-hydrogen) atoms. The van der Waals surface area contributed by atoms with Crippen molar-refractivity contribution in [1.82, 2.24) is 9.21 Å². The number of halogens is 1. The highest BCUT2D eigenvalue weighted by atomic mass is 35.5. The van der Waals surface area contributed by atoms with Gasteiger partial charge in [-0.05, 0) is 50.3 Å². The maximum absolute atomic E-state index is 13.0. The van der Waals surface area contributed by atoms with Crippen LogP contribution in [-0.2, 0) is 14.8 Å². The van der Waals surface area contributed by atoms with Crippen molar-refractivity contribution in [3.05, 3.63) is 28.8 Å². The molecule has 0 bridgehead atoms. The molecule has 2 aliphatic heterocycles. The minimum atomic E-state index is -3.63. The van der Waals surface area contributed by atoms with Gasteiger partial charge in [0.2, 0.25) is 15.9 Å². The zero-order chi connectivity index (χ0) is 17.3. The van der Waals surface area contributed by atoms with E-state index in [-0.39, 0.29) is 23.3 Å². The zero-order valence-electron chi connectivity index (χ0n) is 13.9. The number of rotatable bonds is 3. The van der Waals surface area contributed by atoms with Gasteiger partial charge in [-0.2, -0.15) is 4.31 Å². The Morgan fingerprint density at radius 3 is 2.58 bits per heavy atom. The third-order valence-electron chi connectivity index (χ3n) is 4.99. The number of hydrogen-bond acceptors (Lipinski definition) is 3. The van der Waals surface area contributed by atoms with Crippen molar-refractivity contribution in [2.45, 2.75) is 37.5 Å². The highest BCUT2D eigenvalue weighted by Crippen LogP contribution is 2.29. The fourth-order valence-electron chi connectivity index (χ4n) is 3.56. The van der Waals surface area contributed by atoms with Gasteiger partial charge in [-0.15, -0.1) is 0 Å². The van der Waals surface area contributed by atoms with Crippen LogP contribution in [0.4, 0.5) is 0 Å². The van der Waals surface area contributed by atoms with Gasteiger partial charge in [0, 0.05) is 31.2 Å². The van der Waals surface area contributed by atoms with E-state index in [1.165, 1.54) is 4.31 Å². The normalized spacial score (nSPS) is 22.8. The third kappa shape index (κ3) is 3.32. The lowest BCUT2D eigenvalue weighted by atomic mass is 9.98. The minimum Gasteiger partial charge on any atom is -0.342 e. The molecule has 0 spiro atoms. The van der Waals surface area contributed by atoms with Crippen LogP contribution in [0, 0.1) is 12.8 Å². The third-order valence-corrected chi connectivity index (χ3v) is 7.41. The van der Waals surface area contributed by atoms with Crippen molar-refractivity contribution >= 4 is 27.5 Å². The molecule has 3 rings (SSSR count). The van der Waals surface area contributed by atoms with Crippen LogP contribution in [0.3, 0.4) is 0 Å². The Bertz CT molecular complexity index is 729. The molecule has 0 aliphatic carbocycles. The molecule has 2 fully saturated rings. The molecule has 0 unspecified atom stereocenters. The van der Waals surface area contributed by atoms with Crippen LogP contribution in [-0.4, -0.2) is 49.7 Å². The van der Waals surface area contributed by atoms with Crippen molar-refractivity contribution in [1.29, 1.82) is 0 Å². The molecular formula is C17H23ClN2O3S. The van der Waals surface area contributed by atoms with Gasteiger partial charge in [0.1, 0.15) is 0 Å². The molecule has 0 saturated carbocycles. The molecule has 5 nitrogen and oxygen atoms in total. The summed E-state index contributed by atoms with van der Waals surface area (Å²) in [5.41, 5.74) is 0.562. The lowest BCUT2D eigenvalue weighted by molar-refractivity contribution is -0.135. The van der Waals surface area contributed by atoms with Gasteiger partial charge in [-0.1, -0.05) is 17.7 Å². The van der Waals surface area contributed by atoms with Crippen LogP contribution >= 0.6 is 11.6 Å². The Morgan fingerprint density at radius 1 is 1.17 bits per heavy atom. The average molecular weight is 371 g/mol. The molecule has 2 saturated heterocycles. The largest absolute Gasteiger partial charge is 0.342 e. The molecule has 1 aromatic rings. The van der Waals surface area contributed by atoms with Crippen molar-refractivity contribution in [2.75, 3.05) is 26.2 Å². The van der Waals surface area contributed by atoms with E-state index in [1.807, 2.05) is 4.90 Å². The van der Waals surface area contributed by atoms with E-state index >= 15 is 0 Å². The highest BCUT2D eigenvalue weighted by Gasteiger charge is 2.36. The van der Waals surface area contributed by atoms with E-state index < -0.39 is 10.0 Å². The summed E-state index contributed by atoms with van der Waals surface area (Å²) < 4.78 is 27.4. The second kappa shape index (κ2) is 7.02. The van der Waals surface area contributed by atoms with E-state index in [9.17, 15) is 13.2 Å². The molecule has 1 aromatic carbocycles. The first kappa shape index (κ1) is 17.7. The van der Waals surface area contributed by atoms with Gasteiger partial charge in [-0.25, -0.2) is 8.42 Å². The number of amides is 1. The van der Waals surface area contributed by atoms with Gasteiger partial charge >= 0.3 is 0 Å². The summed E-state index contributed by atoms with van der Waals surface area (Å²) in [7, 11) is -3.63. The zero-order valence-corrected chi connectivity index (χ0v) is 15.4. The average Bonchev–Trinajstić information content (AvgIpc) is 3.11. The summed E-state index contributed by atoms with van der Waals surface area (Å²) in [6.07, 6.45) is 3.56. The van der Waals surface area contributed by atoms with Crippen LogP contribution in [0.15, 0.2) is 23.1 Å². The summed E-state index contributed by atoms with van der Waals surface area (Å²) in [6, 6.07) is 4.92. The van der Waals surface area contributed by atoms with Crippen LogP contribution in [0.5, 0.6) is 0 Å². The van der Waals surface area contributed by atoms with Gasteiger partial charge < -0.3 is 4.90 Å². The number of nitrogens with zero attached hydrogens (tertiary/aromatic N) is 2. The van der Waals surface area contributed by atoms with E-state index in [4.69, 9.17) is 11.6 Å². The fraction of sp³-hybridized carbons (Fsp3) is 0.588. The summed E-state index contributed by atoms with van der Waals surface area (Å²) in [5.74, 6) is -0.124. The Labute approximate surface area is 148 Å². The van der Waals surface area contributed by atoms with E-state index in [0.29, 0.717) is 23.6 Å². The summed E-state index contributed by atoms with van der Waals surface area (Å²) in [6.45, 7) is 4.04. The van der Waals surface area contributed by atoms with Crippen molar-refractivity contribution in [2.24, 2.45) is 5.92 Å². The first-order chi connectivity index (χ1) is 11.4. The predicted molar refractivity (Wildman–Crippen MR) is 93.5 cm³/mol. The molecule has 2 aliphatic rings. The summed E-state index contributed by atoms with van der Waals surface area (Å²) in [4.78, 5) is 14.7. The molecule has 1 amide bonds. The predicted octanol–water partition coefficient (Wildman–Crippen LogP) is 2.67. The minimum absolute atomic E-state index is 0.107. The first-order valence-corrected chi connectivity index (χ1v) is 10.3. The molecule has 1 atom stereocenters. The van der Waals surface area contributed by atoms with E-state index in [2.05, 4.69) is 0 Å². The van der Waals surface area contributed by atoms with Gasteiger partial charge in [0.25, 0.3) is 0 Å². The van der Waals surface area contributed by atoms with Gasteiger partial charge in [0.15, 0.2) is 0 Å². The van der Waals surface area contributed by atoms with Gasteiger partial charge in [0.05, 0.1) is 10.8 Å². The molecular weight excluding hydrogens is 348 g/mol. The number of hydrogen-bond donors (Lipinski definition) is 0. The number of carbonyl (C=O) groups excluding carboxylic acids is 1. The molecule has 0 radical (unpaired) electrons.